The van der Waals surface area contributed by atoms with E-state index in [0.717, 1.165) is 28.5 Å². The first kappa shape index (κ1) is 28.2. The molecule has 2 aromatic carbocycles. The van der Waals surface area contributed by atoms with Crippen molar-refractivity contribution in [3.63, 3.8) is 0 Å². The van der Waals surface area contributed by atoms with Gasteiger partial charge in [0.25, 0.3) is 0 Å². The fourth-order valence-corrected chi connectivity index (χ4v) is 9.48. The molecule has 2 aromatic heterocycles. The molecule has 2 nitrogen and oxygen atoms in total. The van der Waals surface area contributed by atoms with Crippen LogP contribution in [0.5, 0.6) is 0 Å². The molecule has 0 aliphatic carbocycles. The van der Waals surface area contributed by atoms with Gasteiger partial charge in [0, 0.05) is 36.5 Å². The van der Waals surface area contributed by atoms with Crippen LogP contribution in [0.2, 0.25) is 0 Å². The van der Waals surface area contributed by atoms with E-state index in [1.807, 2.05) is 17.4 Å². The van der Waals surface area contributed by atoms with Gasteiger partial charge in [-0.2, -0.15) is 0 Å². The first-order chi connectivity index (χ1) is 19.1. The Hall–Kier alpha value is -2.34. The molecule has 204 valence electrons. The first-order valence-corrected chi connectivity index (χ1v) is 17.0. The largest absolute Gasteiger partial charge is 0.355 e. The van der Waals surface area contributed by atoms with Gasteiger partial charge in [-0.25, -0.2) is 0 Å². The molecule has 3 heterocycles. The van der Waals surface area contributed by atoms with Crippen LogP contribution in [0.1, 0.15) is 85.3 Å². The molecule has 4 aromatic rings. The molecule has 3 unspecified atom stereocenters. The summed E-state index contributed by atoms with van der Waals surface area (Å²) in [4.78, 5) is 16.1. The van der Waals surface area contributed by atoms with Gasteiger partial charge in [-0.05, 0) is 90.8 Å². The van der Waals surface area contributed by atoms with Crippen LogP contribution in [0, 0.1) is 5.92 Å². The fraction of sp³-hybridized carbons (Fsp3) is 0.382. The van der Waals surface area contributed by atoms with Crippen molar-refractivity contribution in [2.45, 2.75) is 76.2 Å². The number of hydrogen-bond acceptors (Lipinski definition) is 5. The molecule has 0 radical (unpaired) electrons. The predicted octanol–water partition coefficient (Wildman–Crippen LogP) is 11.4. The van der Waals surface area contributed by atoms with Gasteiger partial charge in [-0.15, -0.1) is 34.4 Å². The zero-order valence-corrected chi connectivity index (χ0v) is 25.7. The van der Waals surface area contributed by atoms with Crippen LogP contribution < -0.4 is 5.32 Å². The minimum atomic E-state index is 0.488. The highest BCUT2D eigenvalue weighted by molar-refractivity contribution is 8.00. The molecule has 1 fully saturated rings. The van der Waals surface area contributed by atoms with Crippen molar-refractivity contribution in [3.8, 4) is 20.2 Å². The molecule has 3 atom stereocenters. The van der Waals surface area contributed by atoms with Crippen molar-refractivity contribution in [2.75, 3.05) is 5.32 Å². The quantitative estimate of drug-likeness (QED) is 0.135. The second-order valence-electron chi connectivity index (χ2n) is 10.7. The van der Waals surface area contributed by atoms with E-state index < -0.39 is 0 Å². The van der Waals surface area contributed by atoms with Gasteiger partial charge < -0.3 is 5.32 Å². The maximum absolute atomic E-state index is 11.4. The predicted molar refractivity (Wildman–Crippen MR) is 174 cm³/mol. The average Bonchev–Trinajstić information content (AvgIpc) is 3.70. The van der Waals surface area contributed by atoms with Crippen molar-refractivity contribution < 1.29 is 4.79 Å². The lowest BCUT2D eigenvalue weighted by Crippen LogP contribution is -2.04. The summed E-state index contributed by atoms with van der Waals surface area (Å²) in [6, 6.07) is 24.1. The van der Waals surface area contributed by atoms with Crippen LogP contribution in [-0.2, 0) is 6.42 Å². The molecule has 1 aliphatic rings. The number of thioether (sulfide) groups is 1. The lowest BCUT2D eigenvalue weighted by molar-refractivity contribution is 0.112. The number of anilines is 2. The number of aldehydes is 1. The van der Waals surface area contributed by atoms with E-state index in [4.69, 9.17) is 0 Å². The monoisotopic (exact) mass is 573 g/mol. The summed E-state index contributed by atoms with van der Waals surface area (Å²) in [6.07, 6.45) is 9.59. The first-order valence-electron chi connectivity index (χ1n) is 14.4. The smallest absolute Gasteiger partial charge is 0.160 e. The molecule has 0 amide bonds. The van der Waals surface area contributed by atoms with Crippen molar-refractivity contribution in [3.05, 3.63) is 82.7 Å². The highest BCUT2D eigenvalue weighted by Crippen LogP contribution is 2.53. The molecular weight excluding hydrogens is 535 g/mol. The van der Waals surface area contributed by atoms with E-state index in [2.05, 4.69) is 98.5 Å². The summed E-state index contributed by atoms with van der Waals surface area (Å²) >= 11 is 5.66. The number of aryl methyl sites for hydroxylation is 1. The van der Waals surface area contributed by atoms with Gasteiger partial charge in [0.05, 0.1) is 4.88 Å². The number of carbonyl (C=O) groups excluding carboxylic acids is 1. The number of carbonyl (C=O) groups is 1. The Bertz CT molecular complexity index is 1370. The molecule has 39 heavy (non-hydrogen) atoms. The van der Waals surface area contributed by atoms with Crippen LogP contribution in [0.4, 0.5) is 11.4 Å². The highest BCUT2D eigenvalue weighted by atomic mass is 32.2. The fourth-order valence-electron chi connectivity index (χ4n) is 5.57. The van der Waals surface area contributed by atoms with Gasteiger partial charge in [0.2, 0.25) is 0 Å². The molecular formula is C34H39NOS3. The molecule has 1 aliphatic heterocycles. The second kappa shape index (κ2) is 13.3. The van der Waals surface area contributed by atoms with E-state index in [9.17, 15) is 4.79 Å². The lowest BCUT2D eigenvalue weighted by Gasteiger charge is -2.21. The second-order valence-corrected chi connectivity index (χ2v) is 14.3. The third kappa shape index (κ3) is 6.70. The Morgan fingerprint density at radius 2 is 1.77 bits per heavy atom. The average molecular weight is 574 g/mol. The van der Waals surface area contributed by atoms with Crippen LogP contribution in [0.15, 0.2) is 66.7 Å². The van der Waals surface area contributed by atoms with E-state index in [-0.39, 0.29) is 0 Å². The lowest BCUT2D eigenvalue weighted by atomic mass is 9.93. The van der Waals surface area contributed by atoms with Crippen LogP contribution in [0.25, 0.3) is 20.2 Å². The van der Waals surface area contributed by atoms with E-state index in [0.29, 0.717) is 11.2 Å². The summed E-state index contributed by atoms with van der Waals surface area (Å²) in [5.41, 5.74) is 6.49. The van der Waals surface area contributed by atoms with Gasteiger partial charge in [0.1, 0.15) is 0 Å². The number of para-hydroxylation sites is 1. The number of benzene rings is 2. The van der Waals surface area contributed by atoms with Crippen molar-refractivity contribution in [1.82, 2.24) is 0 Å². The zero-order valence-electron chi connectivity index (χ0n) is 23.2. The van der Waals surface area contributed by atoms with Crippen LogP contribution >= 0.6 is 34.4 Å². The standard InChI is InChI=1S/C34H39NOS3/c1-4-6-7-9-12-25-21-32(39-34(25)31-18-16-28(22-36)37-31)24-15-17-30(35-26-13-10-8-11-14-26)29(20-24)33-23(3)19-27(5-2)38-33/h8,10-11,13-18,20-23,27,33,35H,4-7,9,12,19H2,1-3H3. The van der Waals surface area contributed by atoms with E-state index in [1.54, 1.807) is 11.3 Å². The molecule has 0 spiro atoms. The number of rotatable bonds is 12. The maximum Gasteiger partial charge on any atom is 0.160 e. The topological polar surface area (TPSA) is 29.1 Å². The van der Waals surface area contributed by atoms with Gasteiger partial charge in [-0.3, -0.25) is 4.79 Å². The van der Waals surface area contributed by atoms with E-state index in [1.165, 1.54) is 75.5 Å². The summed E-state index contributed by atoms with van der Waals surface area (Å²) < 4.78 is 0. The van der Waals surface area contributed by atoms with Crippen LogP contribution in [0.3, 0.4) is 0 Å². The zero-order chi connectivity index (χ0) is 27.2. The SMILES string of the molecule is CCCCCCc1cc(-c2ccc(Nc3ccccc3)c(C3SC(CC)CC3C)c2)sc1-c1ccc(C=O)s1. The van der Waals surface area contributed by atoms with Crippen molar-refractivity contribution in [2.24, 2.45) is 5.92 Å². The van der Waals surface area contributed by atoms with E-state index >= 15 is 0 Å². The third-order valence-electron chi connectivity index (χ3n) is 7.72. The Morgan fingerprint density at radius 3 is 2.49 bits per heavy atom. The molecule has 5 heteroatoms. The van der Waals surface area contributed by atoms with Crippen molar-refractivity contribution >= 4 is 52.1 Å². The number of hydrogen-bond donors (Lipinski definition) is 1. The molecule has 0 bridgehead atoms. The van der Waals surface area contributed by atoms with Crippen LogP contribution in [-0.4, -0.2) is 11.5 Å². The molecule has 0 saturated carbocycles. The Morgan fingerprint density at radius 1 is 0.923 bits per heavy atom. The summed E-state index contributed by atoms with van der Waals surface area (Å²) in [6.45, 7) is 7.01. The number of unbranched alkanes of at least 4 members (excludes halogenated alkanes) is 3. The third-order valence-corrected chi connectivity index (χ3v) is 12.1. The number of nitrogens with one attached hydrogen (secondary N) is 1. The normalized spacial score (nSPS) is 18.9. The van der Waals surface area contributed by atoms with Gasteiger partial charge in [0.15, 0.2) is 6.29 Å². The summed E-state index contributed by atoms with van der Waals surface area (Å²) in [5, 5.41) is 4.95. The van der Waals surface area contributed by atoms with Gasteiger partial charge >= 0.3 is 0 Å². The summed E-state index contributed by atoms with van der Waals surface area (Å²) in [5.74, 6) is 0.646. The Kier molecular flexibility index (Phi) is 9.65. The Balaban J connectivity index is 1.53. The minimum Gasteiger partial charge on any atom is -0.355 e. The number of thiophene rings is 2. The minimum absolute atomic E-state index is 0.488. The molecule has 5 rings (SSSR count). The molecule has 1 saturated heterocycles. The maximum atomic E-state index is 11.4. The summed E-state index contributed by atoms with van der Waals surface area (Å²) in [7, 11) is 0. The Labute approximate surface area is 246 Å². The molecule has 1 N–H and O–H groups in total. The highest BCUT2D eigenvalue weighted by Gasteiger charge is 2.33. The van der Waals surface area contributed by atoms with Crippen molar-refractivity contribution in [1.29, 1.82) is 0 Å². The van der Waals surface area contributed by atoms with Gasteiger partial charge in [-0.1, -0.05) is 64.3 Å².